The second-order valence-electron chi connectivity index (χ2n) is 6.15. The largest absolute Gasteiger partial charge is 0.387 e. The summed E-state index contributed by atoms with van der Waals surface area (Å²) in [7, 11) is 0. The highest BCUT2D eigenvalue weighted by atomic mass is 19.1. The molecule has 152 valence electrons. The van der Waals surface area contributed by atoms with Crippen molar-refractivity contribution in [2.45, 2.75) is 24.5 Å². The van der Waals surface area contributed by atoms with Crippen LogP contribution < -0.4 is 10.6 Å². The number of hydrogen-bond donors (Lipinski definition) is 4. The van der Waals surface area contributed by atoms with Gasteiger partial charge in [0.25, 0.3) is 5.91 Å². The maximum Gasteiger partial charge on any atom is 0.251 e. The Morgan fingerprint density at radius 1 is 1.31 bits per heavy atom. The molecule has 1 unspecified atom stereocenters. The molecule has 11 nitrogen and oxygen atoms in total. The molecule has 0 spiro atoms. The molecule has 3 aromatic heterocycles. The number of carbonyl (C=O) groups excluding carboxylic acids is 1. The van der Waals surface area contributed by atoms with Crippen LogP contribution in [-0.2, 0) is 9.53 Å². The van der Waals surface area contributed by atoms with Gasteiger partial charge in [-0.3, -0.25) is 14.3 Å². The van der Waals surface area contributed by atoms with Crippen LogP contribution in [0.3, 0.4) is 0 Å². The zero-order valence-corrected chi connectivity index (χ0v) is 14.4. The van der Waals surface area contributed by atoms with Gasteiger partial charge in [-0.1, -0.05) is 0 Å². The quantitative estimate of drug-likeness (QED) is 0.445. The van der Waals surface area contributed by atoms with Gasteiger partial charge in [0.1, 0.15) is 18.0 Å². The van der Waals surface area contributed by atoms with Crippen molar-refractivity contribution in [1.82, 2.24) is 29.8 Å². The fraction of sp³-hybridized carbons (Fsp3) is 0.353. The summed E-state index contributed by atoms with van der Waals surface area (Å²) in [6, 6.07) is 1.06. The molecule has 4 heterocycles. The molecule has 4 atom stereocenters. The second-order valence-corrected chi connectivity index (χ2v) is 6.15. The normalized spacial score (nSPS) is 28.0. The SMILES string of the molecule is [2H]C([2H])([2H])NC(=O)[C@H]1OC(n2cnc3c(NC([2H])([2H])[2H])nc(-c4cncc(F)c4)nc32)[C@H](O)[C@@H]1O. The summed E-state index contributed by atoms with van der Waals surface area (Å²) in [6.07, 6.45) is -3.48. The third-order valence-corrected chi connectivity index (χ3v) is 4.40. The minimum Gasteiger partial charge on any atom is -0.387 e. The van der Waals surface area contributed by atoms with Crippen molar-refractivity contribution >= 4 is 22.9 Å². The minimum absolute atomic E-state index is 0.0741. The topological polar surface area (TPSA) is 147 Å². The Kier molecular flexibility index (Phi) is 3.30. The van der Waals surface area contributed by atoms with E-state index in [0.29, 0.717) is 0 Å². The molecule has 0 aromatic carbocycles. The lowest BCUT2D eigenvalue weighted by molar-refractivity contribution is -0.137. The van der Waals surface area contributed by atoms with E-state index in [2.05, 4.69) is 25.3 Å². The van der Waals surface area contributed by atoms with Crippen LogP contribution in [-0.4, -0.2) is 72.9 Å². The number of hydrogen-bond acceptors (Lipinski definition) is 9. The van der Waals surface area contributed by atoms with Gasteiger partial charge in [0, 0.05) is 33.9 Å². The summed E-state index contributed by atoms with van der Waals surface area (Å²) in [5.74, 6) is -2.29. The second kappa shape index (κ2) is 7.31. The summed E-state index contributed by atoms with van der Waals surface area (Å²) in [5.41, 5.74) is -0.0786. The van der Waals surface area contributed by atoms with E-state index in [1.54, 1.807) is 5.32 Å². The van der Waals surface area contributed by atoms with Gasteiger partial charge in [0.2, 0.25) is 0 Å². The third-order valence-electron chi connectivity index (χ3n) is 4.40. The molecular weight excluding hydrogens is 385 g/mol. The summed E-state index contributed by atoms with van der Waals surface area (Å²) in [4.78, 5) is 28.4. The number of fused-ring (bicyclic) bond motifs is 1. The predicted octanol–water partition coefficient (Wildman–Crippen LogP) is -0.566. The maximum atomic E-state index is 13.7. The van der Waals surface area contributed by atoms with Crippen LogP contribution in [0.2, 0.25) is 0 Å². The molecule has 1 aliphatic heterocycles. The van der Waals surface area contributed by atoms with E-state index in [9.17, 15) is 19.4 Å². The van der Waals surface area contributed by atoms with Crippen LogP contribution >= 0.6 is 0 Å². The number of halogens is 1. The fourth-order valence-corrected chi connectivity index (χ4v) is 3.03. The molecule has 1 fully saturated rings. The molecule has 0 aliphatic carbocycles. The van der Waals surface area contributed by atoms with E-state index in [4.69, 9.17) is 13.0 Å². The Labute approximate surface area is 172 Å². The van der Waals surface area contributed by atoms with Crippen molar-refractivity contribution in [3.8, 4) is 11.4 Å². The van der Waals surface area contributed by atoms with Gasteiger partial charge in [0.05, 0.1) is 12.5 Å². The van der Waals surface area contributed by atoms with Crippen LogP contribution in [0, 0.1) is 5.82 Å². The lowest BCUT2D eigenvalue weighted by Gasteiger charge is -2.17. The highest BCUT2D eigenvalue weighted by Crippen LogP contribution is 2.33. The first-order chi connectivity index (χ1) is 16.2. The Morgan fingerprint density at radius 2 is 2.17 bits per heavy atom. The predicted molar refractivity (Wildman–Crippen MR) is 98.0 cm³/mol. The van der Waals surface area contributed by atoms with Gasteiger partial charge in [-0.2, -0.15) is 0 Å². The Morgan fingerprint density at radius 3 is 2.93 bits per heavy atom. The Bertz CT molecular complexity index is 1270. The zero-order chi connectivity index (χ0) is 25.7. The number of aliphatic hydroxyl groups excluding tert-OH is 2. The van der Waals surface area contributed by atoms with Gasteiger partial charge >= 0.3 is 0 Å². The summed E-state index contributed by atoms with van der Waals surface area (Å²) < 4.78 is 64.2. The minimum atomic E-state index is -2.86. The lowest BCUT2D eigenvalue weighted by atomic mass is 10.1. The fourth-order valence-electron chi connectivity index (χ4n) is 3.03. The van der Waals surface area contributed by atoms with E-state index >= 15 is 0 Å². The molecule has 4 N–H and O–H groups in total. The number of aliphatic hydroxyl groups is 2. The first-order valence-electron chi connectivity index (χ1n) is 11.2. The van der Waals surface area contributed by atoms with Gasteiger partial charge in [-0.05, 0) is 6.07 Å². The van der Waals surface area contributed by atoms with Crippen molar-refractivity contribution in [1.29, 1.82) is 0 Å². The van der Waals surface area contributed by atoms with Crippen LogP contribution in [0.4, 0.5) is 10.2 Å². The molecule has 1 amide bonds. The van der Waals surface area contributed by atoms with E-state index < -0.39 is 50.2 Å². The van der Waals surface area contributed by atoms with Crippen molar-refractivity contribution in [3.63, 3.8) is 0 Å². The Hall–Kier alpha value is -3.22. The Balaban J connectivity index is 1.79. The third kappa shape index (κ3) is 3.16. The lowest BCUT2D eigenvalue weighted by Crippen LogP contribution is -2.41. The zero-order valence-electron chi connectivity index (χ0n) is 20.4. The number of aromatic nitrogens is 5. The first kappa shape index (κ1) is 13.1. The molecule has 29 heavy (non-hydrogen) atoms. The monoisotopic (exact) mass is 409 g/mol. The standard InChI is InChI=1S/C17H18FN7O4/c1-19-14-9-15(24-13(23-14)7-3-8(18)5-21-4-7)25(6-22-9)17-11(27)10(26)12(29-17)16(28)20-2/h3-6,10-12,17,26-27H,1-2H3,(H,20,28)(H,19,23,24)/t10-,11+,12-,17?/m0/s1/i1D3,2D3. The van der Waals surface area contributed by atoms with Gasteiger partial charge in [0.15, 0.2) is 35.1 Å². The molecule has 0 saturated carbocycles. The number of ether oxygens (including phenoxy) is 1. The molecule has 0 bridgehead atoms. The van der Waals surface area contributed by atoms with E-state index in [-0.39, 0.29) is 28.4 Å². The molecular formula is C17H18FN7O4. The van der Waals surface area contributed by atoms with E-state index in [0.717, 1.165) is 23.2 Å². The number of anilines is 1. The highest BCUT2D eigenvalue weighted by Gasteiger charge is 2.47. The molecule has 12 heteroatoms. The van der Waals surface area contributed by atoms with Crippen LogP contribution in [0.1, 0.15) is 14.5 Å². The summed E-state index contributed by atoms with van der Waals surface area (Å²) in [6.45, 7) is -5.55. The average molecular weight is 409 g/mol. The summed E-state index contributed by atoms with van der Waals surface area (Å²) in [5, 5.41) is 24.7. The average Bonchev–Trinajstić information content (AvgIpc) is 3.27. The van der Waals surface area contributed by atoms with Crippen LogP contribution in [0.5, 0.6) is 0 Å². The number of imidazole rings is 1. The van der Waals surface area contributed by atoms with Crippen LogP contribution in [0.25, 0.3) is 22.6 Å². The number of nitrogens with one attached hydrogen (secondary N) is 2. The maximum absolute atomic E-state index is 13.7. The van der Waals surface area contributed by atoms with E-state index in [1.807, 2.05) is 0 Å². The van der Waals surface area contributed by atoms with Crippen molar-refractivity contribution < 1.29 is 32.4 Å². The number of likely N-dealkylation sites (N-methyl/N-ethyl adjacent to an activating group) is 1. The van der Waals surface area contributed by atoms with E-state index in [1.165, 1.54) is 6.20 Å². The summed E-state index contributed by atoms with van der Waals surface area (Å²) >= 11 is 0. The number of carbonyl (C=O) groups is 1. The van der Waals surface area contributed by atoms with Crippen molar-refractivity contribution in [2.75, 3.05) is 19.3 Å². The molecule has 0 radical (unpaired) electrons. The van der Waals surface area contributed by atoms with Crippen molar-refractivity contribution in [3.05, 3.63) is 30.6 Å². The number of nitrogens with zero attached hydrogens (tertiary/aromatic N) is 5. The molecule has 1 aliphatic rings. The van der Waals surface area contributed by atoms with Crippen LogP contribution in [0.15, 0.2) is 24.8 Å². The first-order valence-corrected chi connectivity index (χ1v) is 8.21. The van der Waals surface area contributed by atoms with Gasteiger partial charge in [-0.25, -0.2) is 19.3 Å². The molecule has 3 aromatic rings. The van der Waals surface area contributed by atoms with Gasteiger partial charge < -0.3 is 25.6 Å². The molecule has 4 rings (SSSR count). The highest BCUT2D eigenvalue weighted by molar-refractivity contribution is 5.85. The number of amides is 1. The smallest absolute Gasteiger partial charge is 0.251 e. The molecule has 1 saturated heterocycles. The number of rotatable bonds is 4. The number of pyridine rings is 1. The van der Waals surface area contributed by atoms with Gasteiger partial charge in [-0.15, -0.1) is 0 Å². The van der Waals surface area contributed by atoms with Crippen molar-refractivity contribution in [2.24, 2.45) is 0 Å².